The van der Waals surface area contributed by atoms with E-state index in [9.17, 15) is 0 Å². The van der Waals surface area contributed by atoms with Gasteiger partial charge in [-0.3, -0.25) is 4.90 Å². The van der Waals surface area contributed by atoms with Crippen LogP contribution in [0.1, 0.15) is 10.4 Å². The Kier molecular flexibility index (Phi) is 4.46. The predicted molar refractivity (Wildman–Crippen MR) is 89.5 cm³/mol. The van der Waals surface area contributed by atoms with Gasteiger partial charge in [-0.15, -0.1) is 11.3 Å². The number of ether oxygens (including phenoxy) is 1. The predicted octanol–water partition coefficient (Wildman–Crippen LogP) is 3.39. The van der Waals surface area contributed by atoms with E-state index < -0.39 is 0 Å². The summed E-state index contributed by atoms with van der Waals surface area (Å²) in [7, 11) is 1.71. The third-order valence-electron chi connectivity index (χ3n) is 4.15. The van der Waals surface area contributed by atoms with Gasteiger partial charge < -0.3 is 9.64 Å². The van der Waals surface area contributed by atoms with Crippen LogP contribution in [-0.4, -0.2) is 38.2 Å². The molecule has 0 atom stereocenters. The highest BCUT2D eigenvalue weighted by molar-refractivity contribution is 7.10. The fourth-order valence-electron chi connectivity index (χ4n) is 2.73. The van der Waals surface area contributed by atoms with E-state index in [2.05, 4.69) is 40.3 Å². The summed E-state index contributed by atoms with van der Waals surface area (Å²) in [5, 5.41) is 2.19. The van der Waals surface area contributed by atoms with Crippen LogP contribution in [0.3, 0.4) is 0 Å². The van der Waals surface area contributed by atoms with Crippen molar-refractivity contribution in [1.82, 2.24) is 4.90 Å². The SMILES string of the molecule is COc1ccc(N2CCN(Cc3sccc3C)CC2)cc1. The first-order valence-electron chi connectivity index (χ1n) is 7.40. The van der Waals surface area contributed by atoms with Gasteiger partial charge in [0, 0.05) is 43.3 Å². The third-order valence-corrected chi connectivity index (χ3v) is 5.15. The van der Waals surface area contributed by atoms with Crippen molar-refractivity contribution in [2.24, 2.45) is 0 Å². The molecule has 112 valence electrons. The molecule has 1 aromatic carbocycles. The summed E-state index contributed by atoms with van der Waals surface area (Å²) in [6, 6.07) is 10.6. The summed E-state index contributed by atoms with van der Waals surface area (Å²) >= 11 is 1.88. The molecule has 3 nitrogen and oxygen atoms in total. The highest BCUT2D eigenvalue weighted by Crippen LogP contribution is 2.22. The normalized spacial score (nSPS) is 16.2. The molecule has 0 N–H and O–H groups in total. The van der Waals surface area contributed by atoms with Crippen molar-refractivity contribution in [1.29, 1.82) is 0 Å². The average Bonchev–Trinajstić information content (AvgIpc) is 2.93. The molecule has 2 aromatic rings. The van der Waals surface area contributed by atoms with Gasteiger partial charge in [0.1, 0.15) is 5.75 Å². The van der Waals surface area contributed by atoms with Crippen LogP contribution in [-0.2, 0) is 6.54 Å². The van der Waals surface area contributed by atoms with E-state index in [1.165, 1.54) is 16.1 Å². The average molecular weight is 302 g/mol. The maximum absolute atomic E-state index is 5.22. The van der Waals surface area contributed by atoms with Crippen LogP contribution in [0.25, 0.3) is 0 Å². The minimum atomic E-state index is 0.922. The molecule has 0 amide bonds. The summed E-state index contributed by atoms with van der Waals surface area (Å²) < 4.78 is 5.22. The molecular formula is C17H22N2OS. The number of thiophene rings is 1. The molecule has 0 spiro atoms. The second kappa shape index (κ2) is 6.50. The Bertz CT molecular complexity index is 571. The van der Waals surface area contributed by atoms with E-state index in [4.69, 9.17) is 4.74 Å². The van der Waals surface area contributed by atoms with Gasteiger partial charge in [-0.2, -0.15) is 0 Å². The molecule has 3 rings (SSSR count). The highest BCUT2D eigenvalue weighted by atomic mass is 32.1. The molecule has 1 aromatic heterocycles. The minimum Gasteiger partial charge on any atom is -0.497 e. The Morgan fingerprint density at radius 3 is 2.33 bits per heavy atom. The lowest BCUT2D eigenvalue weighted by atomic mass is 10.2. The van der Waals surface area contributed by atoms with Crippen molar-refractivity contribution >= 4 is 17.0 Å². The first-order chi connectivity index (χ1) is 10.3. The second-order valence-electron chi connectivity index (χ2n) is 5.49. The minimum absolute atomic E-state index is 0.922. The third kappa shape index (κ3) is 3.39. The number of rotatable bonds is 4. The van der Waals surface area contributed by atoms with Crippen molar-refractivity contribution in [3.63, 3.8) is 0 Å². The molecule has 1 aliphatic heterocycles. The maximum Gasteiger partial charge on any atom is 0.119 e. The standard InChI is InChI=1S/C17H22N2OS/c1-14-7-12-21-17(14)13-18-8-10-19(11-9-18)15-3-5-16(20-2)6-4-15/h3-7,12H,8-11,13H2,1-2H3. The van der Waals surface area contributed by atoms with Gasteiger partial charge in [0.25, 0.3) is 0 Å². The van der Waals surface area contributed by atoms with Crippen LogP contribution in [0, 0.1) is 6.92 Å². The lowest BCUT2D eigenvalue weighted by Crippen LogP contribution is -2.45. The van der Waals surface area contributed by atoms with Gasteiger partial charge in [-0.25, -0.2) is 0 Å². The van der Waals surface area contributed by atoms with E-state index in [1.54, 1.807) is 7.11 Å². The molecule has 0 bridgehead atoms. The zero-order chi connectivity index (χ0) is 14.7. The molecule has 0 radical (unpaired) electrons. The Hall–Kier alpha value is -1.52. The summed E-state index contributed by atoms with van der Waals surface area (Å²) in [5.41, 5.74) is 2.72. The fraction of sp³-hybridized carbons (Fsp3) is 0.412. The van der Waals surface area contributed by atoms with E-state index in [-0.39, 0.29) is 0 Å². The van der Waals surface area contributed by atoms with E-state index >= 15 is 0 Å². The fourth-order valence-corrected chi connectivity index (χ4v) is 3.67. The lowest BCUT2D eigenvalue weighted by molar-refractivity contribution is 0.251. The topological polar surface area (TPSA) is 15.7 Å². The van der Waals surface area contributed by atoms with Crippen LogP contribution < -0.4 is 9.64 Å². The molecule has 0 unspecified atom stereocenters. The Morgan fingerprint density at radius 2 is 1.76 bits per heavy atom. The largest absolute Gasteiger partial charge is 0.497 e. The van der Waals surface area contributed by atoms with Crippen LogP contribution in [0.2, 0.25) is 0 Å². The summed E-state index contributed by atoms with van der Waals surface area (Å²) in [6.07, 6.45) is 0. The zero-order valence-corrected chi connectivity index (χ0v) is 13.5. The molecule has 1 saturated heterocycles. The number of benzene rings is 1. The first kappa shape index (κ1) is 14.4. The summed E-state index contributed by atoms with van der Waals surface area (Å²) in [6.45, 7) is 7.75. The molecule has 0 aliphatic carbocycles. The number of hydrogen-bond donors (Lipinski definition) is 0. The van der Waals surface area contributed by atoms with Crippen LogP contribution in [0.4, 0.5) is 5.69 Å². The lowest BCUT2D eigenvalue weighted by Gasteiger charge is -2.36. The van der Waals surface area contributed by atoms with Gasteiger partial charge in [0.15, 0.2) is 0 Å². The van der Waals surface area contributed by atoms with Gasteiger partial charge in [0.2, 0.25) is 0 Å². The summed E-state index contributed by atoms with van der Waals surface area (Å²) in [5.74, 6) is 0.922. The Labute approximate surface area is 130 Å². The molecule has 4 heteroatoms. The Morgan fingerprint density at radius 1 is 1.05 bits per heavy atom. The van der Waals surface area contributed by atoms with E-state index in [0.717, 1.165) is 38.5 Å². The first-order valence-corrected chi connectivity index (χ1v) is 8.28. The summed E-state index contributed by atoms with van der Waals surface area (Å²) in [4.78, 5) is 6.52. The molecule has 2 heterocycles. The number of methoxy groups -OCH3 is 1. The molecule has 1 fully saturated rings. The molecule has 0 saturated carbocycles. The zero-order valence-electron chi connectivity index (χ0n) is 12.7. The highest BCUT2D eigenvalue weighted by Gasteiger charge is 2.18. The van der Waals surface area contributed by atoms with Crippen molar-refractivity contribution in [2.75, 3.05) is 38.2 Å². The monoisotopic (exact) mass is 302 g/mol. The maximum atomic E-state index is 5.22. The van der Waals surface area contributed by atoms with Crippen LogP contribution in [0.15, 0.2) is 35.7 Å². The van der Waals surface area contributed by atoms with Crippen molar-refractivity contribution < 1.29 is 4.74 Å². The number of piperazine rings is 1. The van der Waals surface area contributed by atoms with Crippen LogP contribution >= 0.6 is 11.3 Å². The number of aryl methyl sites for hydroxylation is 1. The van der Waals surface area contributed by atoms with Crippen molar-refractivity contribution in [3.05, 3.63) is 46.2 Å². The van der Waals surface area contributed by atoms with Crippen LogP contribution in [0.5, 0.6) is 5.75 Å². The Balaban J connectivity index is 1.56. The van der Waals surface area contributed by atoms with Crippen molar-refractivity contribution in [3.8, 4) is 5.75 Å². The molecular weight excluding hydrogens is 280 g/mol. The van der Waals surface area contributed by atoms with E-state index in [0.29, 0.717) is 0 Å². The second-order valence-corrected chi connectivity index (χ2v) is 6.49. The number of nitrogens with zero attached hydrogens (tertiary/aromatic N) is 2. The van der Waals surface area contributed by atoms with Gasteiger partial charge in [0.05, 0.1) is 7.11 Å². The smallest absolute Gasteiger partial charge is 0.119 e. The van der Waals surface area contributed by atoms with Crippen molar-refractivity contribution in [2.45, 2.75) is 13.5 Å². The van der Waals surface area contributed by atoms with Gasteiger partial charge in [-0.05, 0) is 48.2 Å². The van der Waals surface area contributed by atoms with E-state index in [1.807, 2.05) is 23.5 Å². The molecule has 21 heavy (non-hydrogen) atoms. The number of anilines is 1. The quantitative estimate of drug-likeness (QED) is 0.861. The molecule has 1 aliphatic rings. The van der Waals surface area contributed by atoms with Gasteiger partial charge in [-0.1, -0.05) is 0 Å². The van der Waals surface area contributed by atoms with Gasteiger partial charge >= 0.3 is 0 Å². The number of hydrogen-bond acceptors (Lipinski definition) is 4.